The van der Waals surface area contributed by atoms with Gasteiger partial charge in [0, 0.05) is 17.8 Å². The molecule has 2 nitrogen and oxygen atoms in total. The molecule has 0 fully saturated rings. The minimum Gasteiger partial charge on any atom is -0.312 e. The molecular formula is C12H17NO. The third-order valence-corrected chi connectivity index (χ3v) is 3.06. The van der Waals surface area contributed by atoms with E-state index in [4.69, 9.17) is 0 Å². The predicted molar refractivity (Wildman–Crippen MR) is 57.8 cm³/mol. The minimum atomic E-state index is 0.234. The highest BCUT2D eigenvalue weighted by Gasteiger charge is 2.17. The van der Waals surface area contributed by atoms with Gasteiger partial charge >= 0.3 is 0 Å². The van der Waals surface area contributed by atoms with Crippen LogP contribution in [-0.4, -0.2) is 4.57 Å². The van der Waals surface area contributed by atoms with Gasteiger partial charge in [-0.3, -0.25) is 4.79 Å². The Morgan fingerprint density at radius 2 is 2.14 bits per heavy atom. The van der Waals surface area contributed by atoms with Gasteiger partial charge in [-0.1, -0.05) is 13.8 Å². The zero-order chi connectivity index (χ0) is 10.3. The zero-order valence-corrected chi connectivity index (χ0v) is 9.13. The highest BCUT2D eigenvalue weighted by Crippen LogP contribution is 2.20. The standard InChI is InChI=1S/C12H17NO/c1-8(2)10-7-9(3)11-5-4-6-13(11)12(10)14/h7-8H,4-6H2,1-3H3. The van der Waals surface area contributed by atoms with Crippen LogP contribution in [0.5, 0.6) is 0 Å². The summed E-state index contributed by atoms with van der Waals surface area (Å²) in [6.07, 6.45) is 2.19. The number of nitrogens with zero attached hydrogens (tertiary/aromatic N) is 1. The molecule has 2 rings (SSSR count). The monoisotopic (exact) mass is 191 g/mol. The van der Waals surface area contributed by atoms with Crippen molar-refractivity contribution >= 4 is 0 Å². The Morgan fingerprint density at radius 3 is 2.79 bits per heavy atom. The number of rotatable bonds is 1. The first-order chi connectivity index (χ1) is 6.61. The van der Waals surface area contributed by atoms with Crippen LogP contribution in [0.15, 0.2) is 10.9 Å². The zero-order valence-electron chi connectivity index (χ0n) is 9.13. The molecule has 0 aliphatic carbocycles. The van der Waals surface area contributed by atoms with Crippen molar-refractivity contribution in [3.63, 3.8) is 0 Å². The van der Waals surface area contributed by atoms with E-state index in [0.29, 0.717) is 5.92 Å². The molecule has 0 N–H and O–H groups in total. The summed E-state index contributed by atoms with van der Waals surface area (Å²) in [5.41, 5.74) is 3.73. The smallest absolute Gasteiger partial charge is 0.254 e. The van der Waals surface area contributed by atoms with Gasteiger partial charge in [0.05, 0.1) is 0 Å². The van der Waals surface area contributed by atoms with Crippen LogP contribution in [0.1, 0.15) is 43.0 Å². The molecule has 14 heavy (non-hydrogen) atoms. The van der Waals surface area contributed by atoms with E-state index < -0.39 is 0 Å². The number of aromatic nitrogens is 1. The maximum absolute atomic E-state index is 12.0. The summed E-state index contributed by atoms with van der Waals surface area (Å²) < 4.78 is 1.96. The molecule has 1 aromatic rings. The minimum absolute atomic E-state index is 0.234. The van der Waals surface area contributed by atoms with Crippen molar-refractivity contribution in [2.24, 2.45) is 0 Å². The molecule has 0 saturated carbocycles. The normalized spacial score (nSPS) is 14.9. The van der Waals surface area contributed by atoms with Crippen molar-refractivity contribution in [1.82, 2.24) is 4.57 Å². The van der Waals surface area contributed by atoms with E-state index in [-0.39, 0.29) is 5.56 Å². The lowest BCUT2D eigenvalue weighted by Crippen LogP contribution is -2.24. The highest BCUT2D eigenvalue weighted by molar-refractivity contribution is 5.29. The Balaban J connectivity index is 2.68. The summed E-state index contributed by atoms with van der Waals surface area (Å²) in [5.74, 6) is 0.333. The SMILES string of the molecule is Cc1cc(C(C)C)c(=O)n2c1CCC2. The van der Waals surface area contributed by atoms with Crippen LogP contribution in [0.4, 0.5) is 0 Å². The molecule has 2 heteroatoms. The van der Waals surface area contributed by atoms with Gasteiger partial charge in [-0.05, 0) is 37.3 Å². The van der Waals surface area contributed by atoms with Crippen LogP contribution in [0.25, 0.3) is 0 Å². The third-order valence-electron chi connectivity index (χ3n) is 3.06. The highest BCUT2D eigenvalue weighted by atomic mass is 16.1. The van der Waals surface area contributed by atoms with Crippen LogP contribution in [0.3, 0.4) is 0 Å². The van der Waals surface area contributed by atoms with Gasteiger partial charge in [-0.2, -0.15) is 0 Å². The molecule has 1 aromatic heterocycles. The summed E-state index contributed by atoms with van der Waals surface area (Å²) >= 11 is 0. The Bertz CT molecular complexity index is 415. The lowest BCUT2D eigenvalue weighted by Gasteiger charge is -2.12. The van der Waals surface area contributed by atoms with Gasteiger partial charge in [0.25, 0.3) is 5.56 Å². The van der Waals surface area contributed by atoms with Crippen LogP contribution < -0.4 is 5.56 Å². The third kappa shape index (κ3) is 1.29. The molecule has 0 amide bonds. The van der Waals surface area contributed by atoms with Crippen LogP contribution >= 0.6 is 0 Å². The number of hydrogen-bond acceptors (Lipinski definition) is 1. The van der Waals surface area contributed by atoms with E-state index >= 15 is 0 Å². The van der Waals surface area contributed by atoms with E-state index in [2.05, 4.69) is 26.8 Å². The maximum atomic E-state index is 12.0. The Kier molecular flexibility index (Phi) is 2.22. The molecule has 2 heterocycles. The first-order valence-corrected chi connectivity index (χ1v) is 5.34. The van der Waals surface area contributed by atoms with Crippen molar-refractivity contribution in [3.05, 3.63) is 33.2 Å². The second-order valence-electron chi connectivity index (χ2n) is 4.44. The second-order valence-corrected chi connectivity index (χ2v) is 4.44. The summed E-state index contributed by atoms with van der Waals surface area (Å²) in [6, 6.07) is 2.07. The largest absolute Gasteiger partial charge is 0.312 e. The molecule has 1 aliphatic heterocycles. The Hall–Kier alpha value is -1.05. The summed E-state index contributed by atoms with van der Waals surface area (Å²) in [7, 11) is 0. The van der Waals surface area contributed by atoms with E-state index in [1.807, 2.05) is 4.57 Å². The number of hydrogen-bond donors (Lipinski definition) is 0. The van der Waals surface area contributed by atoms with Crippen molar-refractivity contribution in [1.29, 1.82) is 0 Å². The van der Waals surface area contributed by atoms with Crippen molar-refractivity contribution in [3.8, 4) is 0 Å². The topological polar surface area (TPSA) is 22.0 Å². The van der Waals surface area contributed by atoms with Gasteiger partial charge < -0.3 is 4.57 Å². The molecule has 0 atom stereocenters. The summed E-state index contributed by atoms with van der Waals surface area (Å²) in [5, 5.41) is 0. The maximum Gasteiger partial charge on any atom is 0.254 e. The average Bonchev–Trinajstić information content (AvgIpc) is 2.59. The van der Waals surface area contributed by atoms with Crippen LogP contribution in [0.2, 0.25) is 0 Å². The fraction of sp³-hybridized carbons (Fsp3) is 0.583. The quantitative estimate of drug-likeness (QED) is 0.667. The van der Waals surface area contributed by atoms with E-state index in [0.717, 1.165) is 24.9 Å². The van der Waals surface area contributed by atoms with Crippen molar-refractivity contribution in [2.45, 2.75) is 46.1 Å². The molecule has 76 valence electrons. The lowest BCUT2D eigenvalue weighted by molar-refractivity contribution is 0.696. The molecule has 0 aromatic carbocycles. The molecule has 1 aliphatic rings. The van der Waals surface area contributed by atoms with E-state index in [1.165, 1.54) is 11.3 Å². The first kappa shape index (κ1) is 9.50. The fourth-order valence-corrected chi connectivity index (χ4v) is 2.26. The van der Waals surface area contributed by atoms with Gasteiger partial charge in [-0.25, -0.2) is 0 Å². The van der Waals surface area contributed by atoms with Crippen molar-refractivity contribution in [2.75, 3.05) is 0 Å². The number of aryl methyl sites for hydroxylation is 1. The summed E-state index contributed by atoms with van der Waals surface area (Å²) in [4.78, 5) is 12.0. The molecule has 0 radical (unpaired) electrons. The van der Waals surface area contributed by atoms with Crippen LogP contribution in [0, 0.1) is 6.92 Å². The Labute approximate surface area is 84.6 Å². The predicted octanol–water partition coefficient (Wildman–Crippen LogP) is 2.23. The van der Waals surface area contributed by atoms with E-state index in [1.54, 1.807) is 0 Å². The average molecular weight is 191 g/mol. The van der Waals surface area contributed by atoms with Gasteiger partial charge in [0.1, 0.15) is 0 Å². The number of fused-ring (bicyclic) bond motifs is 1. The van der Waals surface area contributed by atoms with Gasteiger partial charge in [0.2, 0.25) is 0 Å². The molecule has 0 saturated heterocycles. The molecule has 0 bridgehead atoms. The lowest BCUT2D eigenvalue weighted by atomic mass is 10.0. The van der Waals surface area contributed by atoms with E-state index in [9.17, 15) is 4.79 Å². The van der Waals surface area contributed by atoms with Gasteiger partial charge in [-0.15, -0.1) is 0 Å². The summed E-state index contributed by atoms with van der Waals surface area (Å²) in [6.45, 7) is 7.19. The second kappa shape index (κ2) is 3.26. The van der Waals surface area contributed by atoms with Crippen LogP contribution in [-0.2, 0) is 13.0 Å². The molecule has 0 unspecified atom stereocenters. The molecule has 0 spiro atoms. The van der Waals surface area contributed by atoms with Crippen molar-refractivity contribution < 1.29 is 0 Å². The molecular weight excluding hydrogens is 174 g/mol. The fourth-order valence-electron chi connectivity index (χ4n) is 2.26. The Morgan fingerprint density at radius 1 is 1.43 bits per heavy atom. The van der Waals surface area contributed by atoms with Gasteiger partial charge in [0.15, 0.2) is 0 Å². The number of pyridine rings is 1. The first-order valence-electron chi connectivity index (χ1n) is 5.34.